The van der Waals surface area contributed by atoms with Crippen LogP contribution in [-0.4, -0.2) is 28.7 Å². The number of azo groups is 1. The smallest absolute Gasteiger partial charge is 0.295 e. The quantitative estimate of drug-likeness (QED) is 0.711. The molecule has 132 valence electrons. The Kier molecular flexibility index (Phi) is 4.50. The number of likely N-dealkylation sites (tertiary alicyclic amines) is 1. The van der Waals surface area contributed by atoms with E-state index in [2.05, 4.69) is 10.2 Å². The first-order valence-corrected chi connectivity index (χ1v) is 8.89. The second kappa shape index (κ2) is 7.09. The third-order valence-electron chi connectivity index (χ3n) is 4.87. The van der Waals surface area contributed by atoms with Crippen LogP contribution in [0.4, 0.5) is 5.69 Å². The van der Waals surface area contributed by atoms with E-state index in [1.165, 1.54) is 17.7 Å². The van der Waals surface area contributed by atoms with Crippen LogP contribution < -0.4 is 4.90 Å². The number of amides is 1. The molecule has 1 fully saturated rings. The number of hydrogen-bond acceptors (Lipinski definition) is 3. The third kappa shape index (κ3) is 3.11. The molecule has 2 heterocycles. The van der Waals surface area contributed by atoms with E-state index in [0.717, 1.165) is 24.0 Å². The van der Waals surface area contributed by atoms with Gasteiger partial charge in [-0.1, -0.05) is 36.4 Å². The number of nitrogens with one attached hydrogen (secondary N) is 1. The fraction of sp³-hybridized carbons (Fsp3) is 0.250. The van der Waals surface area contributed by atoms with Crippen LogP contribution >= 0.6 is 0 Å². The number of aromatic nitrogens is 1. The second-order valence-corrected chi connectivity index (χ2v) is 6.60. The fourth-order valence-corrected chi connectivity index (χ4v) is 3.52. The average Bonchev–Trinajstić information content (AvgIpc) is 3.28. The van der Waals surface area contributed by atoms with Gasteiger partial charge in [-0.2, -0.15) is 0 Å². The Labute approximate surface area is 151 Å². The van der Waals surface area contributed by atoms with Gasteiger partial charge < -0.3 is 10.0 Å². The predicted molar refractivity (Wildman–Crippen MR) is 98.8 cm³/mol. The largest absolute Gasteiger partial charge is 0.493 e. The minimum absolute atomic E-state index is 0.0650. The fourth-order valence-electron chi connectivity index (χ4n) is 3.52. The predicted octanol–water partition coefficient (Wildman–Crippen LogP) is 2.91. The number of nitrogens with zero attached hydrogens (tertiary/aromatic N) is 3. The highest BCUT2D eigenvalue weighted by Gasteiger charge is 2.22. The van der Waals surface area contributed by atoms with Gasteiger partial charge >= 0.3 is 0 Å². The minimum Gasteiger partial charge on any atom is -0.493 e. The normalized spacial score (nSPS) is 15.2. The highest BCUT2D eigenvalue weighted by atomic mass is 16.3. The molecule has 0 radical (unpaired) electrons. The zero-order chi connectivity index (χ0) is 17.9. The van der Waals surface area contributed by atoms with Crippen molar-refractivity contribution < 1.29 is 14.8 Å². The first kappa shape index (κ1) is 16.5. The number of para-hydroxylation sites is 1. The van der Waals surface area contributed by atoms with E-state index in [4.69, 9.17) is 0 Å². The van der Waals surface area contributed by atoms with Crippen molar-refractivity contribution in [2.45, 2.75) is 19.5 Å². The van der Waals surface area contributed by atoms with Crippen molar-refractivity contribution in [3.63, 3.8) is 0 Å². The monoisotopic (exact) mass is 349 g/mol. The van der Waals surface area contributed by atoms with Crippen LogP contribution in [0.3, 0.4) is 0 Å². The molecule has 0 spiro atoms. The van der Waals surface area contributed by atoms with Gasteiger partial charge in [-0.15, -0.1) is 10.2 Å². The first-order chi connectivity index (χ1) is 12.7. The molecule has 3 aromatic rings. The molecule has 26 heavy (non-hydrogen) atoms. The van der Waals surface area contributed by atoms with E-state index < -0.39 is 5.91 Å². The summed E-state index contributed by atoms with van der Waals surface area (Å²) in [5.41, 5.74) is 1.73. The van der Waals surface area contributed by atoms with Gasteiger partial charge in [-0.25, -0.2) is 0 Å². The van der Waals surface area contributed by atoms with Gasteiger partial charge in [0.15, 0.2) is 12.4 Å². The van der Waals surface area contributed by atoms with E-state index in [1.54, 1.807) is 24.3 Å². The summed E-state index contributed by atoms with van der Waals surface area (Å²) < 4.78 is 1.87. The molecule has 2 N–H and O–H groups in total. The Balaban J connectivity index is 1.69. The maximum atomic E-state index is 12.2. The Morgan fingerprint density at radius 3 is 2.50 bits per heavy atom. The SMILES string of the molecule is O=C(N=Nc1c(O)n(C[NH+]2CCCC2)c2ccccc12)c1ccccc1. The van der Waals surface area contributed by atoms with Gasteiger partial charge in [0.2, 0.25) is 5.88 Å². The molecule has 0 aliphatic carbocycles. The molecule has 1 amide bonds. The van der Waals surface area contributed by atoms with E-state index >= 15 is 0 Å². The Hall–Kier alpha value is -2.99. The lowest BCUT2D eigenvalue weighted by Crippen LogP contribution is -3.09. The van der Waals surface area contributed by atoms with Crippen LogP contribution in [0.5, 0.6) is 5.88 Å². The molecule has 6 heteroatoms. The molecule has 0 bridgehead atoms. The molecule has 0 atom stereocenters. The number of benzene rings is 2. The number of aromatic hydroxyl groups is 1. The van der Waals surface area contributed by atoms with Gasteiger partial charge in [-0.3, -0.25) is 9.36 Å². The molecule has 6 nitrogen and oxygen atoms in total. The van der Waals surface area contributed by atoms with E-state index in [-0.39, 0.29) is 5.88 Å². The Morgan fingerprint density at radius 1 is 1.04 bits per heavy atom. The summed E-state index contributed by atoms with van der Waals surface area (Å²) in [5.74, 6) is -0.359. The van der Waals surface area contributed by atoms with Crippen LogP contribution in [0, 0.1) is 0 Å². The lowest BCUT2D eigenvalue weighted by atomic mass is 10.2. The number of rotatable bonds is 4. The molecular formula is C20H21N4O2+. The van der Waals surface area contributed by atoms with Gasteiger partial charge in [-0.05, 0) is 18.2 Å². The maximum absolute atomic E-state index is 12.2. The molecule has 1 aromatic heterocycles. The highest BCUT2D eigenvalue weighted by molar-refractivity contribution is 5.97. The molecule has 1 aliphatic heterocycles. The number of carbonyl (C=O) groups is 1. The van der Waals surface area contributed by atoms with Crippen LogP contribution in [0.1, 0.15) is 23.2 Å². The standard InChI is InChI=1S/C20H20N4O2/c25-19(15-8-2-1-3-9-15)22-21-18-16-10-4-5-11-17(16)24(20(18)26)14-23-12-6-7-13-23/h1-5,8-11,26H,6-7,12-14H2/p+1. The number of fused-ring (bicyclic) bond motifs is 1. The summed E-state index contributed by atoms with van der Waals surface area (Å²) in [6.45, 7) is 2.90. The molecular weight excluding hydrogens is 328 g/mol. The van der Waals surface area contributed by atoms with Crippen LogP contribution in [0.25, 0.3) is 10.9 Å². The van der Waals surface area contributed by atoms with Crippen molar-refractivity contribution in [1.29, 1.82) is 0 Å². The topological polar surface area (TPSA) is 71.4 Å². The van der Waals surface area contributed by atoms with Crippen LogP contribution in [-0.2, 0) is 6.67 Å². The molecule has 0 unspecified atom stereocenters. The summed E-state index contributed by atoms with van der Waals surface area (Å²) in [6.07, 6.45) is 2.43. The zero-order valence-corrected chi connectivity index (χ0v) is 14.4. The summed E-state index contributed by atoms with van der Waals surface area (Å²) in [5, 5.41) is 19.5. The van der Waals surface area contributed by atoms with Crippen molar-refractivity contribution in [2.24, 2.45) is 10.2 Å². The van der Waals surface area contributed by atoms with Crippen molar-refractivity contribution in [1.82, 2.24) is 4.57 Å². The van der Waals surface area contributed by atoms with Crippen molar-refractivity contribution >= 4 is 22.5 Å². The summed E-state index contributed by atoms with van der Waals surface area (Å²) in [7, 11) is 0. The van der Waals surface area contributed by atoms with E-state index in [1.807, 2.05) is 34.9 Å². The van der Waals surface area contributed by atoms with Crippen molar-refractivity contribution in [3.8, 4) is 5.88 Å². The molecule has 2 aromatic carbocycles. The highest BCUT2D eigenvalue weighted by Crippen LogP contribution is 2.38. The van der Waals surface area contributed by atoms with Crippen LogP contribution in [0.15, 0.2) is 64.8 Å². The number of quaternary nitrogens is 1. The maximum Gasteiger partial charge on any atom is 0.295 e. The van der Waals surface area contributed by atoms with Gasteiger partial charge in [0.05, 0.1) is 18.6 Å². The number of hydrogen-bond donors (Lipinski definition) is 2. The van der Waals surface area contributed by atoms with E-state index in [9.17, 15) is 9.90 Å². The minimum atomic E-state index is -0.424. The molecule has 1 aliphatic rings. The first-order valence-electron chi connectivity index (χ1n) is 8.89. The Bertz CT molecular complexity index is 957. The zero-order valence-electron chi connectivity index (χ0n) is 14.4. The summed E-state index contributed by atoms with van der Waals surface area (Å²) in [6, 6.07) is 16.5. The molecule has 1 saturated heterocycles. The number of carbonyl (C=O) groups excluding carboxylic acids is 1. The van der Waals surface area contributed by atoms with E-state index in [0.29, 0.717) is 17.9 Å². The van der Waals surface area contributed by atoms with Gasteiger partial charge in [0.1, 0.15) is 0 Å². The summed E-state index contributed by atoms with van der Waals surface area (Å²) in [4.78, 5) is 13.6. The summed E-state index contributed by atoms with van der Waals surface area (Å²) >= 11 is 0. The Morgan fingerprint density at radius 2 is 1.73 bits per heavy atom. The lowest BCUT2D eigenvalue weighted by Gasteiger charge is -2.14. The van der Waals surface area contributed by atoms with Crippen LogP contribution in [0.2, 0.25) is 0 Å². The second-order valence-electron chi connectivity index (χ2n) is 6.60. The van der Waals surface area contributed by atoms with Crippen molar-refractivity contribution in [3.05, 3.63) is 60.2 Å². The van der Waals surface area contributed by atoms with Crippen molar-refractivity contribution in [2.75, 3.05) is 13.1 Å². The third-order valence-corrected chi connectivity index (χ3v) is 4.87. The molecule has 0 saturated carbocycles. The average molecular weight is 349 g/mol. The van der Waals surface area contributed by atoms with Gasteiger partial charge in [0.25, 0.3) is 5.91 Å². The molecule has 4 rings (SSSR count). The lowest BCUT2D eigenvalue weighted by molar-refractivity contribution is -0.910. The van der Waals surface area contributed by atoms with Gasteiger partial charge in [0, 0.05) is 23.8 Å².